The lowest BCUT2D eigenvalue weighted by molar-refractivity contribution is 0.464. The van der Waals surface area contributed by atoms with Crippen LogP contribution >= 0.6 is 11.3 Å². The minimum atomic E-state index is 0.514. The summed E-state index contributed by atoms with van der Waals surface area (Å²) in [6.07, 6.45) is 4.88. The number of aryl methyl sites for hydroxylation is 1. The predicted molar refractivity (Wildman–Crippen MR) is 79.6 cm³/mol. The average molecular weight is 267 g/mol. The number of anilines is 1. The zero-order valence-electron chi connectivity index (χ0n) is 12.0. The molecule has 1 aliphatic carbocycles. The highest BCUT2D eigenvalue weighted by Gasteiger charge is 2.25. The van der Waals surface area contributed by atoms with Crippen LogP contribution in [0.5, 0.6) is 0 Å². The van der Waals surface area contributed by atoms with Crippen LogP contribution in [0.3, 0.4) is 0 Å². The van der Waals surface area contributed by atoms with Crippen LogP contribution in [-0.2, 0) is 6.42 Å². The maximum atomic E-state index is 4.83. The number of fused-ring (bicyclic) bond motifs is 1. The van der Waals surface area contributed by atoms with Gasteiger partial charge in [0.05, 0.1) is 5.69 Å². The van der Waals surface area contributed by atoms with Gasteiger partial charge >= 0.3 is 0 Å². The Morgan fingerprint density at radius 2 is 2.28 bits per heavy atom. The van der Waals surface area contributed by atoms with Crippen LogP contribution in [0.1, 0.15) is 56.6 Å². The van der Waals surface area contributed by atoms with E-state index in [0.717, 1.165) is 13.0 Å². The first-order valence-corrected chi connectivity index (χ1v) is 7.91. The summed E-state index contributed by atoms with van der Waals surface area (Å²) in [5.41, 5.74) is 1.34. The van der Waals surface area contributed by atoms with E-state index < -0.39 is 0 Å². The van der Waals surface area contributed by atoms with Gasteiger partial charge in [0.1, 0.15) is 0 Å². The molecule has 0 saturated heterocycles. The first kappa shape index (κ1) is 13.8. The molecule has 102 valence electrons. The molecule has 3 nitrogen and oxygen atoms in total. The van der Waals surface area contributed by atoms with Gasteiger partial charge in [0.15, 0.2) is 5.13 Å². The normalized spacial score (nSPS) is 19.1. The molecule has 2 rings (SSSR count). The smallest absolute Gasteiger partial charge is 0.185 e. The van der Waals surface area contributed by atoms with Gasteiger partial charge in [0.25, 0.3) is 0 Å². The second-order valence-electron chi connectivity index (χ2n) is 5.41. The second kappa shape index (κ2) is 6.02. The second-order valence-corrected chi connectivity index (χ2v) is 6.42. The summed E-state index contributed by atoms with van der Waals surface area (Å²) < 4.78 is 0. The fourth-order valence-corrected chi connectivity index (χ4v) is 3.61. The Morgan fingerprint density at radius 1 is 1.50 bits per heavy atom. The average Bonchev–Trinajstić information content (AvgIpc) is 2.79. The van der Waals surface area contributed by atoms with Crippen LogP contribution < -0.4 is 10.2 Å². The quantitative estimate of drug-likeness (QED) is 0.886. The van der Waals surface area contributed by atoms with Crippen molar-refractivity contribution < 1.29 is 0 Å². The van der Waals surface area contributed by atoms with Crippen LogP contribution in [0.4, 0.5) is 5.13 Å². The largest absolute Gasteiger partial charge is 0.349 e. The van der Waals surface area contributed by atoms with Crippen LogP contribution in [0, 0.1) is 0 Å². The molecule has 0 radical (unpaired) electrons. The molecule has 1 aromatic rings. The zero-order valence-corrected chi connectivity index (χ0v) is 12.8. The fraction of sp³-hybridized carbons (Fsp3) is 0.786. The third-order valence-electron chi connectivity index (χ3n) is 3.66. The zero-order chi connectivity index (χ0) is 13.1. The van der Waals surface area contributed by atoms with E-state index in [1.54, 1.807) is 0 Å². The number of rotatable bonds is 5. The Hall–Kier alpha value is -0.610. The number of thiazole rings is 1. The molecule has 1 unspecified atom stereocenters. The monoisotopic (exact) mass is 267 g/mol. The van der Waals surface area contributed by atoms with E-state index in [9.17, 15) is 0 Å². The van der Waals surface area contributed by atoms with Crippen molar-refractivity contribution in [2.24, 2.45) is 0 Å². The van der Waals surface area contributed by atoms with Gasteiger partial charge < -0.3 is 10.2 Å². The van der Waals surface area contributed by atoms with Crippen molar-refractivity contribution in [2.75, 3.05) is 18.5 Å². The van der Waals surface area contributed by atoms with Crippen molar-refractivity contribution in [1.82, 2.24) is 10.3 Å². The number of hydrogen-bond acceptors (Lipinski definition) is 4. The molecule has 0 bridgehead atoms. The van der Waals surface area contributed by atoms with E-state index in [1.807, 2.05) is 11.3 Å². The standard InChI is InChI=1S/C14H25N3S/c1-5-9-15-11-7-6-8-12-13(11)18-14(16-12)17(4)10(2)3/h10-11,15H,5-9H2,1-4H3. The highest BCUT2D eigenvalue weighted by molar-refractivity contribution is 7.15. The molecule has 4 heteroatoms. The highest BCUT2D eigenvalue weighted by atomic mass is 32.1. The molecule has 1 N–H and O–H groups in total. The van der Waals surface area contributed by atoms with E-state index in [1.165, 1.54) is 35.0 Å². The van der Waals surface area contributed by atoms with Crippen molar-refractivity contribution in [3.63, 3.8) is 0 Å². The summed E-state index contributed by atoms with van der Waals surface area (Å²) in [7, 11) is 2.14. The lowest BCUT2D eigenvalue weighted by Gasteiger charge is -2.22. The van der Waals surface area contributed by atoms with Gasteiger partial charge in [0.2, 0.25) is 0 Å². The maximum absolute atomic E-state index is 4.83. The Kier molecular flexibility index (Phi) is 4.62. The molecule has 0 fully saturated rings. The summed E-state index contributed by atoms with van der Waals surface area (Å²) in [6.45, 7) is 7.76. The van der Waals surface area contributed by atoms with E-state index in [2.05, 4.69) is 38.0 Å². The highest BCUT2D eigenvalue weighted by Crippen LogP contribution is 2.37. The number of nitrogens with one attached hydrogen (secondary N) is 1. The molecule has 0 amide bonds. The lowest BCUT2D eigenvalue weighted by Crippen LogP contribution is -2.25. The van der Waals surface area contributed by atoms with Gasteiger partial charge in [-0.1, -0.05) is 18.3 Å². The molecule has 0 spiro atoms. The van der Waals surface area contributed by atoms with Crippen LogP contribution in [-0.4, -0.2) is 24.6 Å². The lowest BCUT2D eigenvalue weighted by atomic mass is 9.98. The minimum Gasteiger partial charge on any atom is -0.349 e. The van der Waals surface area contributed by atoms with Crippen molar-refractivity contribution in [1.29, 1.82) is 0 Å². The van der Waals surface area contributed by atoms with Gasteiger partial charge in [-0.15, -0.1) is 0 Å². The van der Waals surface area contributed by atoms with Crippen molar-refractivity contribution in [2.45, 2.75) is 58.5 Å². The Morgan fingerprint density at radius 3 is 2.94 bits per heavy atom. The van der Waals surface area contributed by atoms with E-state index in [-0.39, 0.29) is 0 Å². The number of aromatic nitrogens is 1. The molecule has 0 aromatic carbocycles. The van der Waals surface area contributed by atoms with Crippen molar-refractivity contribution in [3.8, 4) is 0 Å². The summed E-state index contributed by atoms with van der Waals surface area (Å²) in [5.74, 6) is 0. The third-order valence-corrected chi connectivity index (χ3v) is 4.96. The summed E-state index contributed by atoms with van der Waals surface area (Å²) in [6, 6.07) is 1.06. The fourth-order valence-electron chi connectivity index (χ4n) is 2.29. The van der Waals surface area contributed by atoms with Gasteiger partial charge in [-0.25, -0.2) is 4.98 Å². The van der Waals surface area contributed by atoms with Gasteiger partial charge in [-0.05, 0) is 46.1 Å². The molecular weight excluding hydrogens is 242 g/mol. The summed E-state index contributed by atoms with van der Waals surface area (Å²) in [4.78, 5) is 8.60. The molecule has 1 atom stereocenters. The molecule has 1 heterocycles. The molecule has 1 aliphatic rings. The topological polar surface area (TPSA) is 28.2 Å². The van der Waals surface area contributed by atoms with Crippen LogP contribution in [0.25, 0.3) is 0 Å². The first-order valence-electron chi connectivity index (χ1n) is 7.09. The molecule has 0 saturated carbocycles. The van der Waals surface area contributed by atoms with Crippen molar-refractivity contribution in [3.05, 3.63) is 10.6 Å². The Labute approximate surface area is 115 Å². The number of nitrogens with zero attached hydrogens (tertiary/aromatic N) is 2. The molecule has 1 aromatic heterocycles. The summed E-state index contributed by atoms with van der Waals surface area (Å²) >= 11 is 1.88. The first-order chi connectivity index (χ1) is 8.63. The van der Waals surface area contributed by atoms with Gasteiger partial charge in [-0.2, -0.15) is 0 Å². The molecular formula is C14H25N3S. The SMILES string of the molecule is CCCNC1CCCc2nc(N(C)C(C)C)sc21. The third kappa shape index (κ3) is 2.86. The van der Waals surface area contributed by atoms with Gasteiger partial charge in [-0.3, -0.25) is 0 Å². The van der Waals surface area contributed by atoms with E-state index in [4.69, 9.17) is 4.98 Å². The van der Waals surface area contributed by atoms with E-state index >= 15 is 0 Å². The van der Waals surface area contributed by atoms with Crippen LogP contribution in [0.2, 0.25) is 0 Å². The molecule has 18 heavy (non-hydrogen) atoms. The van der Waals surface area contributed by atoms with E-state index in [0.29, 0.717) is 12.1 Å². The van der Waals surface area contributed by atoms with Crippen molar-refractivity contribution >= 4 is 16.5 Å². The predicted octanol–water partition coefficient (Wildman–Crippen LogP) is 3.36. The maximum Gasteiger partial charge on any atom is 0.185 e. The Bertz CT molecular complexity index is 386. The Balaban J connectivity index is 2.17. The minimum absolute atomic E-state index is 0.514. The summed E-state index contributed by atoms with van der Waals surface area (Å²) in [5, 5.41) is 4.84. The van der Waals surface area contributed by atoms with Gasteiger partial charge in [0, 0.05) is 24.0 Å². The number of hydrogen-bond donors (Lipinski definition) is 1. The van der Waals surface area contributed by atoms with Crippen LogP contribution in [0.15, 0.2) is 0 Å². The molecule has 0 aliphatic heterocycles.